The molecule has 1 fully saturated rings. The van der Waals surface area contributed by atoms with E-state index in [1.54, 1.807) is 4.90 Å². The molecule has 4 nitrogen and oxygen atoms in total. The summed E-state index contributed by atoms with van der Waals surface area (Å²) in [7, 11) is 0. The zero-order chi connectivity index (χ0) is 18.3. The first-order valence-electron chi connectivity index (χ1n) is 9.28. The Bertz CT molecular complexity index is 909. The van der Waals surface area contributed by atoms with Gasteiger partial charge in [0.1, 0.15) is 0 Å². The van der Waals surface area contributed by atoms with Gasteiger partial charge in [-0.25, -0.2) is 0 Å². The molecule has 1 aliphatic heterocycles. The number of hydrogen-bond acceptors (Lipinski definition) is 2. The molecule has 1 amide bonds. The van der Waals surface area contributed by atoms with E-state index >= 15 is 0 Å². The maximum Gasteiger partial charge on any atom is 0.308 e. The Balaban J connectivity index is 1.85. The van der Waals surface area contributed by atoms with E-state index < -0.39 is 0 Å². The number of carbonyl (C=O) groups is 1. The largest absolute Gasteiger partial charge is 0.308 e. The van der Waals surface area contributed by atoms with E-state index in [1.807, 2.05) is 11.6 Å². The van der Waals surface area contributed by atoms with E-state index in [1.165, 1.54) is 33.2 Å². The Morgan fingerprint density at radius 2 is 2.19 bits per heavy atom. The van der Waals surface area contributed by atoms with Gasteiger partial charge >= 0.3 is 5.91 Å². The number of hydrogen-bond donors (Lipinski definition) is 0. The summed E-state index contributed by atoms with van der Waals surface area (Å²) in [6.07, 6.45) is 5.20. The minimum absolute atomic E-state index is 0.189. The minimum Gasteiger partial charge on any atom is -0.267 e. The Morgan fingerprint density at radius 3 is 2.88 bits per heavy atom. The van der Waals surface area contributed by atoms with Gasteiger partial charge in [-0.2, -0.15) is 5.10 Å². The van der Waals surface area contributed by atoms with Crippen LogP contribution < -0.4 is 4.90 Å². The summed E-state index contributed by atoms with van der Waals surface area (Å²) in [6, 6.07) is 6.42. The maximum absolute atomic E-state index is 13.0. The van der Waals surface area contributed by atoms with Gasteiger partial charge < -0.3 is 0 Å². The number of nitrogens with zero attached hydrogens (tertiary/aromatic N) is 3. The van der Waals surface area contributed by atoms with Crippen molar-refractivity contribution in [1.82, 2.24) is 9.78 Å². The standard InChI is InChI=1S/C21H22IN3O/c1-3-4-7-21(26)25(20-12-16-6-5-10-24(16)23-20)19-11-14(2)18(22)13-17(19)15-8-9-15/h11-13,15H,3,5-6,8-10H2,1-2H3. The molecule has 0 radical (unpaired) electrons. The molecule has 1 saturated carbocycles. The zero-order valence-corrected chi connectivity index (χ0v) is 17.3. The molecule has 1 aromatic heterocycles. The van der Waals surface area contributed by atoms with Crippen LogP contribution in [0, 0.1) is 22.3 Å². The third-order valence-corrected chi connectivity index (χ3v) is 6.19. The van der Waals surface area contributed by atoms with Crippen LogP contribution in [0.2, 0.25) is 0 Å². The second-order valence-corrected chi connectivity index (χ2v) is 8.21. The number of aromatic nitrogens is 2. The second kappa shape index (κ2) is 7.07. The molecule has 2 aliphatic rings. The van der Waals surface area contributed by atoms with E-state index in [9.17, 15) is 4.79 Å². The van der Waals surface area contributed by atoms with E-state index in [0.717, 1.165) is 25.1 Å². The van der Waals surface area contributed by atoms with Crippen LogP contribution >= 0.6 is 22.6 Å². The number of amides is 1. The molecule has 0 spiro atoms. The van der Waals surface area contributed by atoms with Crippen LogP contribution in [-0.2, 0) is 17.8 Å². The normalized spacial score (nSPS) is 15.3. The summed E-state index contributed by atoms with van der Waals surface area (Å²) in [4.78, 5) is 14.8. The summed E-state index contributed by atoms with van der Waals surface area (Å²) in [6.45, 7) is 4.98. The van der Waals surface area contributed by atoms with Crippen molar-refractivity contribution in [3.8, 4) is 11.8 Å². The highest BCUT2D eigenvalue weighted by Crippen LogP contribution is 2.46. The number of benzene rings is 1. The van der Waals surface area contributed by atoms with Gasteiger partial charge in [-0.15, -0.1) is 0 Å². The van der Waals surface area contributed by atoms with Crippen molar-refractivity contribution >= 4 is 40.0 Å². The van der Waals surface area contributed by atoms with Crippen molar-refractivity contribution in [2.75, 3.05) is 4.90 Å². The summed E-state index contributed by atoms with van der Waals surface area (Å²) < 4.78 is 3.27. The predicted molar refractivity (Wildman–Crippen MR) is 112 cm³/mol. The molecule has 2 aromatic rings. The van der Waals surface area contributed by atoms with Crippen LogP contribution in [-0.4, -0.2) is 15.7 Å². The van der Waals surface area contributed by atoms with E-state index in [4.69, 9.17) is 5.10 Å². The molecule has 2 heterocycles. The quantitative estimate of drug-likeness (QED) is 0.493. The smallest absolute Gasteiger partial charge is 0.267 e. The topological polar surface area (TPSA) is 38.1 Å². The van der Waals surface area contributed by atoms with Gasteiger partial charge in [0.2, 0.25) is 0 Å². The number of carbonyl (C=O) groups excluding carboxylic acids is 1. The van der Waals surface area contributed by atoms with Crippen molar-refractivity contribution < 1.29 is 4.79 Å². The lowest BCUT2D eigenvalue weighted by atomic mass is 10.0. The fraction of sp³-hybridized carbons (Fsp3) is 0.429. The van der Waals surface area contributed by atoms with Crippen LogP contribution in [0.4, 0.5) is 11.5 Å². The number of rotatable bonds is 3. The lowest BCUT2D eigenvalue weighted by Gasteiger charge is -2.22. The van der Waals surface area contributed by atoms with Crippen LogP contribution in [0.3, 0.4) is 0 Å². The van der Waals surface area contributed by atoms with Crippen LogP contribution in [0.15, 0.2) is 18.2 Å². The highest BCUT2D eigenvalue weighted by molar-refractivity contribution is 14.1. The van der Waals surface area contributed by atoms with Gasteiger partial charge in [-0.1, -0.05) is 12.8 Å². The summed E-state index contributed by atoms with van der Waals surface area (Å²) >= 11 is 2.38. The molecular weight excluding hydrogens is 437 g/mol. The van der Waals surface area contributed by atoms with E-state index in [0.29, 0.717) is 18.2 Å². The lowest BCUT2D eigenvalue weighted by Crippen LogP contribution is -2.26. The van der Waals surface area contributed by atoms with Crippen LogP contribution in [0.5, 0.6) is 0 Å². The third kappa shape index (κ3) is 3.27. The van der Waals surface area contributed by atoms with Gasteiger partial charge in [-0.05, 0) is 90.3 Å². The van der Waals surface area contributed by atoms with Crippen molar-refractivity contribution in [1.29, 1.82) is 0 Å². The average Bonchev–Trinajstić information content (AvgIpc) is 3.24. The highest BCUT2D eigenvalue weighted by atomic mass is 127. The molecule has 0 unspecified atom stereocenters. The summed E-state index contributed by atoms with van der Waals surface area (Å²) in [5.74, 6) is 6.79. The fourth-order valence-electron chi connectivity index (χ4n) is 3.51. The van der Waals surface area contributed by atoms with Gasteiger partial charge in [0.15, 0.2) is 5.82 Å². The number of aryl methyl sites for hydroxylation is 3. The summed E-state index contributed by atoms with van der Waals surface area (Å²) in [5.41, 5.74) is 4.59. The monoisotopic (exact) mass is 459 g/mol. The molecule has 4 rings (SSSR count). The highest BCUT2D eigenvalue weighted by Gasteiger charge is 2.32. The summed E-state index contributed by atoms with van der Waals surface area (Å²) in [5, 5.41) is 4.72. The lowest BCUT2D eigenvalue weighted by molar-refractivity contribution is -0.112. The van der Waals surface area contributed by atoms with E-state index in [-0.39, 0.29) is 5.91 Å². The van der Waals surface area contributed by atoms with Crippen molar-refractivity contribution in [3.05, 3.63) is 38.6 Å². The molecule has 1 aromatic carbocycles. The molecule has 0 bridgehead atoms. The molecule has 5 heteroatoms. The Hall–Kier alpha value is -1.81. The van der Waals surface area contributed by atoms with Gasteiger partial charge in [0.05, 0.1) is 5.69 Å². The van der Waals surface area contributed by atoms with Crippen LogP contribution in [0.25, 0.3) is 0 Å². The van der Waals surface area contributed by atoms with Crippen LogP contribution in [0.1, 0.15) is 55.3 Å². The molecular formula is C21H22IN3O. The number of halogens is 1. The fourth-order valence-corrected chi connectivity index (χ4v) is 4.00. The second-order valence-electron chi connectivity index (χ2n) is 7.05. The molecule has 26 heavy (non-hydrogen) atoms. The van der Waals surface area contributed by atoms with Gasteiger partial charge in [0, 0.05) is 28.3 Å². The predicted octanol–water partition coefficient (Wildman–Crippen LogP) is 4.70. The van der Waals surface area contributed by atoms with Gasteiger partial charge in [0.25, 0.3) is 0 Å². The number of anilines is 2. The first-order valence-corrected chi connectivity index (χ1v) is 10.4. The molecule has 1 aliphatic carbocycles. The first kappa shape index (κ1) is 17.6. The molecule has 134 valence electrons. The van der Waals surface area contributed by atoms with Crippen molar-refractivity contribution in [2.24, 2.45) is 0 Å². The number of fused-ring (bicyclic) bond motifs is 1. The van der Waals surface area contributed by atoms with Gasteiger partial charge in [-0.3, -0.25) is 14.4 Å². The molecule has 0 atom stereocenters. The third-order valence-electron chi connectivity index (χ3n) is 5.02. The molecule has 0 N–H and O–H groups in total. The van der Waals surface area contributed by atoms with Crippen molar-refractivity contribution in [2.45, 2.75) is 58.4 Å². The first-order chi connectivity index (χ1) is 12.6. The molecule has 0 saturated heterocycles. The SMILES string of the molecule is CCC#CC(=O)N(c1cc2n(n1)CCC2)c1cc(C)c(I)cc1C1CC1. The Kier molecular flexibility index (Phi) is 4.78. The minimum atomic E-state index is -0.189. The Morgan fingerprint density at radius 1 is 1.38 bits per heavy atom. The Labute approximate surface area is 168 Å². The maximum atomic E-state index is 13.0. The van der Waals surface area contributed by atoms with E-state index in [2.05, 4.69) is 59.6 Å². The average molecular weight is 459 g/mol. The zero-order valence-electron chi connectivity index (χ0n) is 15.2. The van der Waals surface area contributed by atoms with Crippen molar-refractivity contribution in [3.63, 3.8) is 0 Å².